The van der Waals surface area contributed by atoms with Gasteiger partial charge in [-0.1, -0.05) is 0 Å². The molecular formula is C10H9N5O. The maximum Gasteiger partial charge on any atom is 0.122 e. The summed E-state index contributed by atoms with van der Waals surface area (Å²) in [5, 5.41) is 10.1. The lowest BCUT2D eigenvalue weighted by Crippen LogP contribution is -1.82. The Balaban J connectivity index is 2.31. The van der Waals surface area contributed by atoms with Gasteiger partial charge in [0.25, 0.3) is 0 Å². The van der Waals surface area contributed by atoms with Gasteiger partial charge in [0.2, 0.25) is 0 Å². The molecule has 0 spiro atoms. The predicted octanol–water partition coefficient (Wildman–Crippen LogP) is 3.03. The monoisotopic (exact) mass is 215 g/mol. The van der Waals surface area contributed by atoms with E-state index in [0.29, 0.717) is 5.82 Å². The van der Waals surface area contributed by atoms with Gasteiger partial charge in [0, 0.05) is 10.5 Å². The topological polar surface area (TPSA) is 86.7 Å². The molecule has 2 aromatic rings. The number of rotatable bonds is 3. The maximum atomic E-state index is 8.26. The Labute approximate surface area is 91.5 Å². The summed E-state index contributed by atoms with van der Waals surface area (Å²) in [5.41, 5.74) is 9.92. The SMILES string of the molecule is COc1ccc(-c2cc(N=[N+]=[N-])[nH]n2)cc1. The van der Waals surface area contributed by atoms with E-state index in [1.165, 1.54) is 0 Å². The number of ether oxygens (including phenoxy) is 1. The number of aromatic amines is 1. The zero-order valence-corrected chi connectivity index (χ0v) is 8.58. The summed E-state index contributed by atoms with van der Waals surface area (Å²) in [6.07, 6.45) is 0. The molecule has 0 saturated carbocycles. The number of nitrogens with one attached hydrogen (secondary N) is 1. The molecule has 80 valence electrons. The molecule has 0 aliphatic carbocycles. The molecule has 0 aliphatic rings. The number of benzene rings is 1. The largest absolute Gasteiger partial charge is 0.497 e. The smallest absolute Gasteiger partial charge is 0.122 e. The van der Waals surface area contributed by atoms with Crippen LogP contribution in [-0.4, -0.2) is 17.3 Å². The predicted molar refractivity (Wildman–Crippen MR) is 59.4 cm³/mol. The molecular weight excluding hydrogens is 206 g/mol. The third-order valence-corrected chi connectivity index (χ3v) is 2.10. The molecule has 1 heterocycles. The number of aromatic nitrogens is 2. The molecule has 0 fully saturated rings. The lowest BCUT2D eigenvalue weighted by atomic mass is 10.1. The number of hydrogen-bond acceptors (Lipinski definition) is 3. The summed E-state index contributed by atoms with van der Waals surface area (Å²) >= 11 is 0. The average molecular weight is 215 g/mol. The van der Waals surface area contributed by atoms with Gasteiger partial charge in [-0.15, -0.1) is 0 Å². The van der Waals surface area contributed by atoms with Crippen LogP contribution in [0.3, 0.4) is 0 Å². The van der Waals surface area contributed by atoms with Crippen LogP contribution in [0.1, 0.15) is 0 Å². The third kappa shape index (κ3) is 1.97. The van der Waals surface area contributed by atoms with Crippen LogP contribution in [0.5, 0.6) is 5.75 Å². The van der Waals surface area contributed by atoms with Crippen molar-refractivity contribution >= 4 is 5.82 Å². The van der Waals surface area contributed by atoms with Crippen LogP contribution in [-0.2, 0) is 0 Å². The van der Waals surface area contributed by atoms with E-state index < -0.39 is 0 Å². The van der Waals surface area contributed by atoms with E-state index in [-0.39, 0.29) is 0 Å². The van der Waals surface area contributed by atoms with Crippen LogP contribution in [0.4, 0.5) is 5.82 Å². The molecule has 0 radical (unpaired) electrons. The highest BCUT2D eigenvalue weighted by Gasteiger charge is 2.02. The van der Waals surface area contributed by atoms with Gasteiger partial charge in [0.05, 0.1) is 12.8 Å². The molecule has 0 atom stereocenters. The quantitative estimate of drug-likeness (QED) is 0.484. The molecule has 0 saturated heterocycles. The second kappa shape index (κ2) is 4.37. The van der Waals surface area contributed by atoms with Crippen molar-refractivity contribution in [2.24, 2.45) is 5.11 Å². The Morgan fingerprint density at radius 2 is 2.12 bits per heavy atom. The molecule has 0 unspecified atom stereocenters. The first-order valence-corrected chi connectivity index (χ1v) is 4.58. The van der Waals surface area contributed by atoms with Gasteiger partial charge in [-0.25, -0.2) is 0 Å². The molecule has 1 aromatic heterocycles. The highest BCUT2D eigenvalue weighted by molar-refractivity contribution is 5.62. The number of methoxy groups -OCH3 is 1. The van der Waals surface area contributed by atoms with Crippen molar-refractivity contribution in [1.82, 2.24) is 10.2 Å². The fraction of sp³-hybridized carbons (Fsp3) is 0.100. The molecule has 16 heavy (non-hydrogen) atoms. The number of hydrogen-bond donors (Lipinski definition) is 1. The Morgan fingerprint density at radius 1 is 1.38 bits per heavy atom. The van der Waals surface area contributed by atoms with E-state index in [1.807, 2.05) is 24.3 Å². The van der Waals surface area contributed by atoms with Crippen molar-refractivity contribution in [3.63, 3.8) is 0 Å². The van der Waals surface area contributed by atoms with Crippen molar-refractivity contribution in [2.75, 3.05) is 7.11 Å². The first-order chi connectivity index (χ1) is 7.83. The molecule has 0 bridgehead atoms. The van der Waals surface area contributed by atoms with E-state index in [1.54, 1.807) is 13.2 Å². The van der Waals surface area contributed by atoms with E-state index in [2.05, 4.69) is 20.2 Å². The summed E-state index contributed by atoms with van der Waals surface area (Å²) in [6, 6.07) is 9.14. The summed E-state index contributed by atoms with van der Waals surface area (Å²) < 4.78 is 5.05. The maximum absolute atomic E-state index is 8.26. The van der Waals surface area contributed by atoms with Gasteiger partial charge in [0.1, 0.15) is 11.6 Å². The molecule has 0 aliphatic heterocycles. The van der Waals surface area contributed by atoms with Crippen molar-refractivity contribution in [3.8, 4) is 17.0 Å². The normalized spacial score (nSPS) is 9.56. The Hall–Kier alpha value is -2.46. The van der Waals surface area contributed by atoms with Crippen molar-refractivity contribution < 1.29 is 4.74 Å². The standard InChI is InChI=1S/C10H9N5O/c1-16-8-4-2-7(3-5-8)9-6-10(13-12-9)14-15-11/h2-6H,1H3,(H,12,13). The van der Waals surface area contributed by atoms with Crippen LogP contribution in [0.2, 0.25) is 0 Å². The highest BCUT2D eigenvalue weighted by Crippen LogP contribution is 2.23. The van der Waals surface area contributed by atoms with Gasteiger partial charge in [0.15, 0.2) is 0 Å². The van der Waals surface area contributed by atoms with Crippen LogP contribution in [0.15, 0.2) is 35.4 Å². The fourth-order valence-electron chi connectivity index (χ4n) is 1.32. The minimum Gasteiger partial charge on any atom is -0.497 e. The lowest BCUT2D eigenvalue weighted by Gasteiger charge is -1.99. The van der Waals surface area contributed by atoms with Gasteiger partial charge < -0.3 is 4.74 Å². The van der Waals surface area contributed by atoms with E-state index >= 15 is 0 Å². The summed E-state index contributed by atoms with van der Waals surface area (Å²) in [6.45, 7) is 0. The van der Waals surface area contributed by atoms with Crippen molar-refractivity contribution in [2.45, 2.75) is 0 Å². The number of nitrogens with zero attached hydrogens (tertiary/aromatic N) is 4. The zero-order valence-electron chi connectivity index (χ0n) is 8.58. The number of azide groups is 1. The molecule has 6 heteroatoms. The second-order valence-corrected chi connectivity index (χ2v) is 3.06. The van der Waals surface area contributed by atoms with Crippen LogP contribution >= 0.6 is 0 Å². The summed E-state index contributed by atoms with van der Waals surface area (Å²) in [7, 11) is 1.61. The van der Waals surface area contributed by atoms with Gasteiger partial charge in [-0.2, -0.15) is 5.10 Å². The average Bonchev–Trinajstić information content (AvgIpc) is 2.78. The van der Waals surface area contributed by atoms with Crippen LogP contribution in [0.25, 0.3) is 21.7 Å². The Kier molecular flexibility index (Phi) is 2.75. The van der Waals surface area contributed by atoms with Crippen molar-refractivity contribution in [3.05, 3.63) is 40.8 Å². The van der Waals surface area contributed by atoms with Gasteiger partial charge in [-0.3, -0.25) is 5.10 Å². The fourth-order valence-corrected chi connectivity index (χ4v) is 1.32. The summed E-state index contributed by atoms with van der Waals surface area (Å²) in [4.78, 5) is 2.67. The highest BCUT2D eigenvalue weighted by atomic mass is 16.5. The second-order valence-electron chi connectivity index (χ2n) is 3.06. The summed E-state index contributed by atoms with van der Waals surface area (Å²) in [5.74, 6) is 1.18. The van der Waals surface area contributed by atoms with E-state index in [4.69, 9.17) is 10.3 Å². The number of H-pyrrole nitrogens is 1. The van der Waals surface area contributed by atoms with Crippen molar-refractivity contribution in [1.29, 1.82) is 0 Å². The van der Waals surface area contributed by atoms with Crippen LogP contribution in [0, 0.1) is 0 Å². The molecule has 1 aromatic carbocycles. The zero-order chi connectivity index (χ0) is 11.4. The minimum atomic E-state index is 0.397. The first kappa shape index (κ1) is 10.1. The van der Waals surface area contributed by atoms with E-state index in [0.717, 1.165) is 17.0 Å². The van der Waals surface area contributed by atoms with Crippen LogP contribution < -0.4 is 4.74 Å². The third-order valence-electron chi connectivity index (χ3n) is 2.10. The molecule has 0 amide bonds. The Bertz CT molecular complexity index is 524. The molecule has 1 N–H and O–H groups in total. The van der Waals surface area contributed by atoms with Gasteiger partial charge in [-0.05, 0) is 41.0 Å². The Morgan fingerprint density at radius 3 is 2.75 bits per heavy atom. The minimum absolute atomic E-state index is 0.397. The lowest BCUT2D eigenvalue weighted by molar-refractivity contribution is 0.415. The van der Waals surface area contributed by atoms with Gasteiger partial charge >= 0.3 is 0 Å². The molecule has 6 nitrogen and oxygen atoms in total. The van der Waals surface area contributed by atoms with E-state index in [9.17, 15) is 0 Å². The molecule has 2 rings (SSSR count). The first-order valence-electron chi connectivity index (χ1n) is 4.58.